The zero-order chi connectivity index (χ0) is 13.3. The second kappa shape index (κ2) is 4.94. The molecular weight excluding hydrogens is 222 g/mol. The number of benzene rings is 1. The number of aromatic nitrogens is 2. The Kier molecular flexibility index (Phi) is 3.53. The zero-order valence-corrected chi connectivity index (χ0v) is 11.6. The van der Waals surface area contributed by atoms with E-state index in [1.165, 1.54) is 22.3 Å². The highest BCUT2D eigenvalue weighted by Gasteiger charge is 2.12. The van der Waals surface area contributed by atoms with E-state index in [2.05, 4.69) is 49.8 Å². The molecule has 1 heterocycles. The van der Waals surface area contributed by atoms with Crippen molar-refractivity contribution in [3.63, 3.8) is 0 Å². The molecule has 0 amide bonds. The lowest BCUT2D eigenvalue weighted by Gasteiger charge is -2.08. The predicted octanol–water partition coefficient (Wildman–Crippen LogP) is 2.81. The van der Waals surface area contributed by atoms with Crippen molar-refractivity contribution in [2.75, 3.05) is 6.54 Å². The summed E-state index contributed by atoms with van der Waals surface area (Å²) in [5, 5.41) is 0. The molecule has 0 aliphatic heterocycles. The normalized spacial score (nSPS) is 10.9. The van der Waals surface area contributed by atoms with Crippen LogP contribution in [0, 0.1) is 27.7 Å². The van der Waals surface area contributed by atoms with Gasteiger partial charge in [0.1, 0.15) is 5.82 Å². The molecule has 0 radical (unpaired) electrons. The number of H-pyrrole nitrogens is 1. The van der Waals surface area contributed by atoms with E-state index in [9.17, 15) is 0 Å². The number of imidazole rings is 1. The van der Waals surface area contributed by atoms with E-state index in [0.29, 0.717) is 6.54 Å². The number of nitrogens with one attached hydrogen (secondary N) is 1. The van der Waals surface area contributed by atoms with Crippen molar-refractivity contribution in [2.45, 2.75) is 34.1 Å². The molecule has 0 bridgehead atoms. The standard InChI is InChI=1S/C15H21N3/c1-9-7-11(3)13(8-10(9)2)15-12(4)17-14(18-15)5-6-16/h7-8H,5-6,16H2,1-4H3,(H,17,18). The summed E-state index contributed by atoms with van der Waals surface area (Å²) in [5.41, 5.74) is 12.9. The van der Waals surface area contributed by atoms with Gasteiger partial charge in [0.05, 0.1) is 5.69 Å². The summed E-state index contributed by atoms with van der Waals surface area (Å²) in [5.74, 6) is 0.975. The summed E-state index contributed by atoms with van der Waals surface area (Å²) in [6.45, 7) is 9.11. The van der Waals surface area contributed by atoms with E-state index in [1.54, 1.807) is 0 Å². The molecular formula is C15H21N3. The zero-order valence-electron chi connectivity index (χ0n) is 11.6. The van der Waals surface area contributed by atoms with Crippen LogP contribution in [0.5, 0.6) is 0 Å². The monoisotopic (exact) mass is 243 g/mol. The average Bonchev–Trinajstić information content (AvgIpc) is 2.65. The molecule has 0 spiro atoms. The van der Waals surface area contributed by atoms with Crippen LogP contribution < -0.4 is 5.73 Å². The fourth-order valence-corrected chi connectivity index (χ4v) is 2.26. The number of nitrogens with zero attached hydrogens (tertiary/aromatic N) is 1. The minimum atomic E-state index is 0.623. The fraction of sp³-hybridized carbons (Fsp3) is 0.400. The minimum Gasteiger partial charge on any atom is -0.346 e. The van der Waals surface area contributed by atoms with Gasteiger partial charge in [0, 0.05) is 17.7 Å². The summed E-state index contributed by atoms with van der Waals surface area (Å²) in [4.78, 5) is 7.98. The second-order valence-corrected chi connectivity index (χ2v) is 4.95. The summed E-state index contributed by atoms with van der Waals surface area (Å²) in [7, 11) is 0. The van der Waals surface area contributed by atoms with Gasteiger partial charge in [-0.2, -0.15) is 0 Å². The summed E-state index contributed by atoms with van der Waals surface area (Å²) < 4.78 is 0. The Morgan fingerprint density at radius 2 is 1.72 bits per heavy atom. The number of nitrogens with two attached hydrogens (primary N) is 1. The van der Waals surface area contributed by atoms with Gasteiger partial charge in [0.2, 0.25) is 0 Å². The smallest absolute Gasteiger partial charge is 0.108 e. The highest BCUT2D eigenvalue weighted by molar-refractivity contribution is 5.67. The van der Waals surface area contributed by atoms with Crippen LogP contribution in [0.15, 0.2) is 12.1 Å². The Labute approximate surface area is 108 Å². The highest BCUT2D eigenvalue weighted by atomic mass is 14.9. The van der Waals surface area contributed by atoms with Gasteiger partial charge in [-0.3, -0.25) is 0 Å². The molecule has 2 rings (SSSR count). The van der Waals surface area contributed by atoms with Crippen molar-refractivity contribution in [3.05, 3.63) is 40.3 Å². The van der Waals surface area contributed by atoms with Crippen molar-refractivity contribution >= 4 is 0 Å². The van der Waals surface area contributed by atoms with Crippen LogP contribution >= 0.6 is 0 Å². The van der Waals surface area contributed by atoms with Gasteiger partial charge < -0.3 is 10.7 Å². The molecule has 1 aromatic heterocycles. The van der Waals surface area contributed by atoms with E-state index in [0.717, 1.165) is 23.6 Å². The van der Waals surface area contributed by atoms with Crippen LogP contribution in [-0.4, -0.2) is 16.5 Å². The molecule has 3 nitrogen and oxygen atoms in total. The van der Waals surface area contributed by atoms with Crippen LogP contribution in [0.25, 0.3) is 11.3 Å². The molecule has 96 valence electrons. The SMILES string of the molecule is Cc1cc(C)c(-c2nc(CCN)[nH]c2C)cc1C. The number of aryl methyl sites for hydroxylation is 4. The first-order valence-electron chi connectivity index (χ1n) is 6.36. The van der Waals surface area contributed by atoms with Gasteiger partial charge in [-0.05, 0) is 57.0 Å². The maximum Gasteiger partial charge on any atom is 0.108 e. The van der Waals surface area contributed by atoms with Crippen molar-refractivity contribution in [2.24, 2.45) is 5.73 Å². The third-order valence-corrected chi connectivity index (χ3v) is 3.41. The predicted molar refractivity (Wildman–Crippen MR) is 75.7 cm³/mol. The number of rotatable bonds is 3. The quantitative estimate of drug-likeness (QED) is 0.871. The van der Waals surface area contributed by atoms with E-state index in [1.807, 2.05) is 0 Å². The molecule has 0 aliphatic carbocycles. The van der Waals surface area contributed by atoms with E-state index in [-0.39, 0.29) is 0 Å². The molecule has 3 heteroatoms. The molecule has 0 saturated heterocycles. The number of hydrogen-bond acceptors (Lipinski definition) is 2. The van der Waals surface area contributed by atoms with Crippen LogP contribution in [0.3, 0.4) is 0 Å². The van der Waals surface area contributed by atoms with Gasteiger partial charge >= 0.3 is 0 Å². The topological polar surface area (TPSA) is 54.7 Å². The average molecular weight is 243 g/mol. The lowest BCUT2D eigenvalue weighted by atomic mass is 9.98. The van der Waals surface area contributed by atoms with Crippen LogP contribution in [0.4, 0.5) is 0 Å². The maximum atomic E-state index is 5.57. The van der Waals surface area contributed by atoms with Crippen molar-refractivity contribution in [1.82, 2.24) is 9.97 Å². The molecule has 1 aromatic carbocycles. The summed E-state index contributed by atoms with van der Waals surface area (Å²) >= 11 is 0. The van der Waals surface area contributed by atoms with Gasteiger partial charge in [-0.25, -0.2) is 4.98 Å². The third kappa shape index (κ3) is 2.31. The molecule has 0 saturated carbocycles. The first kappa shape index (κ1) is 12.8. The van der Waals surface area contributed by atoms with E-state index < -0.39 is 0 Å². The second-order valence-electron chi connectivity index (χ2n) is 4.95. The highest BCUT2D eigenvalue weighted by Crippen LogP contribution is 2.27. The third-order valence-electron chi connectivity index (χ3n) is 3.41. The van der Waals surface area contributed by atoms with Gasteiger partial charge in [-0.15, -0.1) is 0 Å². The molecule has 0 aliphatic rings. The molecule has 2 aromatic rings. The van der Waals surface area contributed by atoms with Crippen molar-refractivity contribution in [1.29, 1.82) is 0 Å². The van der Waals surface area contributed by atoms with E-state index >= 15 is 0 Å². The Morgan fingerprint density at radius 1 is 1.06 bits per heavy atom. The molecule has 0 unspecified atom stereocenters. The summed E-state index contributed by atoms with van der Waals surface area (Å²) in [6, 6.07) is 4.45. The fourth-order valence-electron chi connectivity index (χ4n) is 2.26. The minimum absolute atomic E-state index is 0.623. The Bertz CT molecular complexity index is 567. The summed E-state index contributed by atoms with van der Waals surface area (Å²) in [6.07, 6.45) is 0.796. The van der Waals surface area contributed by atoms with Crippen LogP contribution in [0.1, 0.15) is 28.2 Å². The van der Waals surface area contributed by atoms with Gasteiger partial charge in [0.25, 0.3) is 0 Å². The van der Waals surface area contributed by atoms with Crippen LogP contribution in [0.2, 0.25) is 0 Å². The van der Waals surface area contributed by atoms with Gasteiger partial charge in [0.15, 0.2) is 0 Å². The van der Waals surface area contributed by atoms with Crippen molar-refractivity contribution in [3.8, 4) is 11.3 Å². The molecule has 0 atom stereocenters. The first-order chi connectivity index (χ1) is 8.52. The maximum absolute atomic E-state index is 5.57. The molecule has 18 heavy (non-hydrogen) atoms. The Hall–Kier alpha value is -1.61. The molecule has 3 N–H and O–H groups in total. The first-order valence-corrected chi connectivity index (χ1v) is 6.36. The number of hydrogen-bond donors (Lipinski definition) is 2. The Balaban J connectivity index is 2.51. The van der Waals surface area contributed by atoms with Crippen molar-refractivity contribution < 1.29 is 0 Å². The Morgan fingerprint density at radius 3 is 2.39 bits per heavy atom. The van der Waals surface area contributed by atoms with Crippen LogP contribution in [-0.2, 0) is 6.42 Å². The largest absolute Gasteiger partial charge is 0.346 e. The lowest BCUT2D eigenvalue weighted by molar-refractivity contribution is 0.891. The lowest BCUT2D eigenvalue weighted by Crippen LogP contribution is -2.03. The van der Waals surface area contributed by atoms with E-state index in [4.69, 9.17) is 5.73 Å². The molecule has 0 fully saturated rings. The number of aromatic amines is 1. The van der Waals surface area contributed by atoms with Gasteiger partial charge in [-0.1, -0.05) is 6.07 Å².